The van der Waals surface area contributed by atoms with Crippen molar-refractivity contribution in [2.24, 2.45) is 0 Å². The Morgan fingerprint density at radius 3 is 2.22 bits per heavy atom. The third-order valence-electron chi connectivity index (χ3n) is 7.27. The number of carbonyl (C=O) groups is 2. The molecule has 0 atom stereocenters. The minimum absolute atomic E-state index is 0.0448. The Morgan fingerprint density at radius 1 is 0.950 bits per heavy atom. The van der Waals surface area contributed by atoms with Gasteiger partial charge in [0.25, 0.3) is 22.4 Å². The number of nitrogens with two attached hydrogens (primary N) is 1. The fraction of sp³-hybridized carbons (Fsp3) is 0.182. The Labute approximate surface area is 353 Å². The SMILES string of the molecule is COc1cnc(OC)n2nc(NS(=O)(=O)c3c(OCC(F)F)cccc3C(F)(F)F)nc12.Cc1cnc2c(C(=O)O)c(Cl)ccc2c1.Nc1c(Cl)c(Cl)nc(C(=O)O)c1Cl. The molecule has 27 heteroatoms. The Morgan fingerprint density at radius 2 is 1.63 bits per heavy atom. The normalized spacial score (nSPS) is 11.3. The van der Waals surface area contributed by atoms with Crippen molar-refractivity contribution in [1.29, 1.82) is 0 Å². The summed E-state index contributed by atoms with van der Waals surface area (Å²) in [7, 11) is -2.56. The number of nitrogens with one attached hydrogen (secondary N) is 1. The van der Waals surface area contributed by atoms with Crippen molar-refractivity contribution in [3.63, 3.8) is 0 Å². The molecule has 5 N–H and O–H groups in total. The molecule has 2 aromatic carbocycles. The van der Waals surface area contributed by atoms with Crippen molar-refractivity contribution in [3.8, 4) is 17.5 Å². The number of nitrogen functional groups attached to an aromatic ring is 1. The summed E-state index contributed by atoms with van der Waals surface area (Å²) >= 11 is 22.4. The maximum absolute atomic E-state index is 13.5. The molecule has 0 saturated carbocycles. The van der Waals surface area contributed by atoms with E-state index in [2.05, 4.69) is 29.8 Å². The second-order valence-electron chi connectivity index (χ2n) is 11.3. The van der Waals surface area contributed by atoms with E-state index >= 15 is 0 Å². The molecule has 0 saturated heterocycles. The van der Waals surface area contributed by atoms with E-state index in [9.17, 15) is 40.0 Å². The number of ether oxygens (including phenoxy) is 3. The largest absolute Gasteiger partial charge is 0.491 e. The first-order chi connectivity index (χ1) is 28.0. The summed E-state index contributed by atoms with van der Waals surface area (Å²) < 4.78 is 109. The van der Waals surface area contributed by atoms with Gasteiger partial charge in [0.1, 0.15) is 27.8 Å². The number of benzene rings is 2. The lowest BCUT2D eigenvalue weighted by Gasteiger charge is -2.17. The van der Waals surface area contributed by atoms with Crippen LogP contribution in [0.1, 0.15) is 32.0 Å². The fourth-order valence-corrected chi connectivity index (χ4v) is 6.89. The third kappa shape index (κ3) is 10.7. The van der Waals surface area contributed by atoms with Crippen LogP contribution < -0.4 is 24.7 Å². The number of anilines is 2. The van der Waals surface area contributed by atoms with Gasteiger partial charge in [-0.25, -0.2) is 36.5 Å². The monoisotopic (exact) mass is 944 g/mol. The molecule has 6 aromatic rings. The molecule has 0 spiro atoms. The molecule has 0 fully saturated rings. The van der Waals surface area contributed by atoms with Crippen LogP contribution in [0.5, 0.6) is 17.5 Å². The van der Waals surface area contributed by atoms with Gasteiger partial charge < -0.3 is 30.2 Å². The number of rotatable bonds is 10. The van der Waals surface area contributed by atoms with Crippen LogP contribution in [-0.2, 0) is 16.2 Å². The number of aromatic nitrogens is 6. The molecule has 0 unspecified atom stereocenters. The van der Waals surface area contributed by atoms with Gasteiger partial charge in [0, 0.05) is 11.6 Å². The zero-order chi connectivity index (χ0) is 44.9. The Hall–Kier alpha value is -5.75. The molecule has 4 heterocycles. The molecule has 0 radical (unpaired) electrons. The Kier molecular flexibility index (Phi) is 14.9. The van der Waals surface area contributed by atoms with Crippen LogP contribution in [0.15, 0.2) is 53.7 Å². The van der Waals surface area contributed by atoms with Crippen LogP contribution in [0.25, 0.3) is 16.6 Å². The quantitative estimate of drug-likeness (QED) is 0.0756. The summed E-state index contributed by atoms with van der Waals surface area (Å²) in [4.78, 5) is 35.4. The first-order valence-corrected chi connectivity index (χ1v) is 18.8. The van der Waals surface area contributed by atoms with Gasteiger partial charge in [-0.15, -0.1) is 5.10 Å². The first kappa shape index (κ1) is 46.9. The Balaban J connectivity index is 0.000000233. The number of hydrogen-bond donors (Lipinski definition) is 4. The number of carboxylic acids is 2. The van der Waals surface area contributed by atoms with Gasteiger partial charge in [-0.3, -0.25) is 4.98 Å². The average Bonchev–Trinajstić information content (AvgIpc) is 3.60. The van der Waals surface area contributed by atoms with E-state index in [0.717, 1.165) is 27.6 Å². The zero-order valence-corrected chi connectivity index (χ0v) is 34.1. The van der Waals surface area contributed by atoms with Crippen molar-refractivity contribution in [2.75, 3.05) is 31.3 Å². The number of carboxylic acid groups (broad SMARTS) is 2. The van der Waals surface area contributed by atoms with E-state index in [1.807, 2.05) is 13.0 Å². The fourth-order valence-electron chi connectivity index (χ4n) is 4.78. The van der Waals surface area contributed by atoms with Gasteiger partial charge in [0.15, 0.2) is 16.6 Å². The van der Waals surface area contributed by atoms with Crippen LogP contribution in [0.2, 0.25) is 20.2 Å². The summed E-state index contributed by atoms with van der Waals surface area (Å²) in [6.45, 7) is 0.581. The molecular formula is C33H25Cl4F5N8O9S. The van der Waals surface area contributed by atoms with Crippen LogP contribution in [0, 0.1) is 6.92 Å². The van der Waals surface area contributed by atoms with E-state index < -0.39 is 69.0 Å². The molecule has 0 aliphatic rings. The molecule has 60 heavy (non-hydrogen) atoms. The third-order valence-corrected chi connectivity index (χ3v) is 10.1. The second-order valence-corrected chi connectivity index (χ2v) is 14.5. The predicted octanol–water partition coefficient (Wildman–Crippen LogP) is 7.82. The highest BCUT2D eigenvalue weighted by molar-refractivity contribution is 7.92. The molecule has 6 rings (SSSR count). The number of halogens is 9. The minimum atomic E-state index is -5.14. The minimum Gasteiger partial charge on any atom is -0.491 e. The molecular weight excluding hydrogens is 921 g/mol. The number of pyridine rings is 2. The number of methoxy groups -OCH3 is 2. The maximum atomic E-state index is 13.5. The van der Waals surface area contributed by atoms with Crippen molar-refractivity contribution in [2.45, 2.75) is 24.4 Å². The highest BCUT2D eigenvalue weighted by Gasteiger charge is 2.40. The van der Waals surface area contributed by atoms with Gasteiger partial charge in [-0.2, -0.15) is 27.7 Å². The van der Waals surface area contributed by atoms with Crippen LogP contribution in [0.3, 0.4) is 0 Å². The lowest BCUT2D eigenvalue weighted by atomic mass is 10.1. The van der Waals surface area contributed by atoms with Crippen molar-refractivity contribution < 1.29 is 64.4 Å². The highest BCUT2D eigenvalue weighted by atomic mass is 35.5. The summed E-state index contributed by atoms with van der Waals surface area (Å²) in [5.74, 6) is -3.89. The number of fused-ring (bicyclic) bond motifs is 2. The summed E-state index contributed by atoms with van der Waals surface area (Å²) in [6.07, 6.45) is -5.36. The Bertz CT molecular complexity index is 2670. The van der Waals surface area contributed by atoms with E-state index in [-0.39, 0.29) is 48.9 Å². The zero-order valence-electron chi connectivity index (χ0n) is 30.2. The standard InChI is InChI=1S/C16H14F5N5O5S.C11H8ClNO2.C6H3Cl3N2O2/c1-29-10-6-22-15(30-2)26-13(10)23-14(24-26)25-32(27,28)12-8(16(19,20)21)4-3-5-9(12)31-7-11(17)18;1-6-4-7-2-3-8(12)9(11(14)15)10(7)13-5-6;7-1-3(10)2(8)5(9)11-4(1)6(12)13/h3-6,11H,7H2,1-2H3,(H,24,25);2-5H,1H3,(H,14,15);(H2,10,11)(H,12,13). The second kappa shape index (κ2) is 19.1. The highest BCUT2D eigenvalue weighted by Crippen LogP contribution is 2.40. The van der Waals surface area contributed by atoms with Crippen LogP contribution >= 0.6 is 46.4 Å². The smallest absolute Gasteiger partial charge is 0.417 e. The average molecular weight is 946 g/mol. The number of hydrogen-bond acceptors (Lipinski definition) is 13. The topological polar surface area (TPSA) is 243 Å². The number of nitrogens with zero attached hydrogens (tertiary/aromatic N) is 6. The van der Waals surface area contributed by atoms with E-state index in [0.29, 0.717) is 11.6 Å². The van der Waals surface area contributed by atoms with Gasteiger partial charge in [-0.05, 0) is 36.8 Å². The predicted molar refractivity (Wildman–Crippen MR) is 207 cm³/mol. The molecule has 4 aromatic heterocycles. The maximum Gasteiger partial charge on any atom is 0.417 e. The number of alkyl halides is 5. The van der Waals surface area contributed by atoms with Gasteiger partial charge in [0.2, 0.25) is 5.65 Å². The summed E-state index contributed by atoms with van der Waals surface area (Å²) in [5, 5.41) is 22.0. The molecule has 0 aliphatic carbocycles. The molecule has 320 valence electrons. The van der Waals surface area contributed by atoms with Crippen LogP contribution in [-0.4, -0.2) is 87.4 Å². The van der Waals surface area contributed by atoms with Gasteiger partial charge in [0.05, 0.1) is 47.2 Å². The number of aromatic carboxylic acids is 2. The van der Waals surface area contributed by atoms with Gasteiger partial charge in [-0.1, -0.05) is 58.5 Å². The van der Waals surface area contributed by atoms with E-state index in [1.54, 1.807) is 23.1 Å². The summed E-state index contributed by atoms with van der Waals surface area (Å²) in [6, 6.07) is 7.21. The lowest BCUT2D eigenvalue weighted by Crippen LogP contribution is -2.21. The number of sulfonamides is 1. The molecule has 17 nitrogen and oxygen atoms in total. The van der Waals surface area contributed by atoms with Crippen molar-refractivity contribution >= 4 is 96.6 Å². The van der Waals surface area contributed by atoms with Crippen molar-refractivity contribution in [1.82, 2.24) is 29.5 Å². The first-order valence-electron chi connectivity index (χ1n) is 15.8. The van der Waals surface area contributed by atoms with E-state index in [4.69, 9.17) is 71.8 Å². The van der Waals surface area contributed by atoms with Gasteiger partial charge >= 0.3 is 24.1 Å². The molecule has 0 amide bonds. The molecule has 0 bridgehead atoms. The van der Waals surface area contributed by atoms with Crippen LogP contribution in [0.4, 0.5) is 33.6 Å². The van der Waals surface area contributed by atoms with Crippen molar-refractivity contribution in [3.05, 3.63) is 91.4 Å². The van der Waals surface area contributed by atoms with E-state index in [1.165, 1.54) is 20.4 Å². The number of aryl methyl sites for hydroxylation is 1. The molecule has 0 aliphatic heterocycles. The summed E-state index contributed by atoms with van der Waals surface area (Å²) in [5.41, 5.74) is 4.67. The lowest BCUT2D eigenvalue weighted by molar-refractivity contribution is -0.140.